The highest BCUT2D eigenvalue weighted by Gasteiger charge is 2.30. The summed E-state index contributed by atoms with van der Waals surface area (Å²) in [6, 6.07) is 9.38. The van der Waals surface area contributed by atoms with E-state index in [2.05, 4.69) is 0 Å². The van der Waals surface area contributed by atoms with Gasteiger partial charge in [0.15, 0.2) is 10.9 Å². The molecule has 0 radical (unpaired) electrons. The number of rotatable bonds is 2. The Morgan fingerprint density at radius 3 is 2.60 bits per heavy atom. The van der Waals surface area contributed by atoms with Crippen LogP contribution in [0.15, 0.2) is 30.3 Å². The summed E-state index contributed by atoms with van der Waals surface area (Å²) in [5, 5.41) is 6.52. The molecule has 0 bridgehead atoms. The van der Waals surface area contributed by atoms with Crippen molar-refractivity contribution in [1.29, 1.82) is 5.41 Å². The molecule has 0 saturated heterocycles. The number of carbonyl (C=O) groups excluding carboxylic acids is 1. The van der Waals surface area contributed by atoms with Crippen molar-refractivity contribution in [3.8, 4) is 0 Å². The third kappa shape index (κ3) is 3.63. The molecular formula is C10H13N2O2S+. The topological polar surface area (TPSA) is 76.2 Å². The van der Waals surface area contributed by atoms with Gasteiger partial charge in [0.05, 0.1) is 0 Å². The first-order valence-corrected chi connectivity index (χ1v) is 5.95. The van der Waals surface area contributed by atoms with Crippen molar-refractivity contribution >= 4 is 21.4 Å². The zero-order valence-corrected chi connectivity index (χ0v) is 9.21. The minimum absolute atomic E-state index is 0.145. The van der Waals surface area contributed by atoms with Crippen LogP contribution in [0.25, 0.3) is 0 Å². The molecule has 0 amide bonds. The van der Waals surface area contributed by atoms with Crippen LogP contribution >= 0.6 is 0 Å². The first-order chi connectivity index (χ1) is 7.11. The van der Waals surface area contributed by atoms with Gasteiger partial charge in [-0.15, -0.1) is 0 Å². The molecule has 0 aliphatic carbocycles. The van der Waals surface area contributed by atoms with E-state index in [1.165, 1.54) is 0 Å². The number of ether oxygens (including phenoxy) is 1. The molecule has 4 nitrogen and oxygen atoms in total. The maximum absolute atomic E-state index is 11.3. The van der Waals surface area contributed by atoms with Gasteiger partial charge in [0, 0.05) is 0 Å². The van der Waals surface area contributed by atoms with Crippen molar-refractivity contribution in [2.24, 2.45) is 5.73 Å². The summed E-state index contributed by atoms with van der Waals surface area (Å²) in [7, 11) is -0.940. The lowest BCUT2D eigenvalue weighted by atomic mass is 10.2. The van der Waals surface area contributed by atoms with Crippen molar-refractivity contribution in [2.45, 2.75) is 6.61 Å². The number of carbonyl (C=O) groups is 1. The minimum atomic E-state index is -0.940. The van der Waals surface area contributed by atoms with Gasteiger partial charge in [0.25, 0.3) is 0 Å². The number of hydrogen-bond donors (Lipinski definition) is 2. The summed E-state index contributed by atoms with van der Waals surface area (Å²) < 4.78 is 5.00. The average Bonchev–Trinajstić information content (AvgIpc) is 2.26. The molecule has 1 atom stereocenters. The van der Waals surface area contributed by atoms with Gasteiger partial charge in [0.1, 0.15) is 12.9 Å². The molecule has 0 fully saturated rings. The van der Waals surface area contributed by atoms with E-state index in [-0.39, 0.29) is 11.8 Å². The lowest BCUT2D eigenvalue weighted by Crippen LogP contribution is -2.29. The summed E-state index contributed by atoms with van der Waals surface area (Å²) in [6.07, 6.45) is 1.58. The highest BCUT2D eigenvalue weighted by atomic mass is 32.2. The summed E-state index contributed by atoms with van der Waals surface area (Å²) in [5.74, 6) is 0. The van der Waals surface area contributed by atoms with E-state index in [0.717, 1.165) is 5.56 Å². The Morgan fingerprint density at radius 2 is 2.07 bits per heavy atom. The number of nitrogens with one attached hydrogen (secondary N) is 1. The lowest BCUT2D eigenvalue weighted by molar-refractivity contribution is 0.168. The van der Waals surface area contributed by atoms with Crippen molar-refractivity contribution in [1.82, 2.24) is 0 Å². The Labute approximate surface area is 91.3 Å². The van der Waals surface area contributed by atoms with Gasteiger partial charge in [-0.05, 0) is 5.56 Å². The van der Waals surface area contributed by atoms with E-state index in [4.69, 9.17) is 15.9 Å². The van der Waals surface area contributed by atoms with Gasteiger partial charge < -0.3 is 10.5 Å². The summed E-state index contributed by atoms with van der Waals surface area (Å²) >= 11 is 0. The van der Waals surface area contributed by atoms with E-state index in [0.29, 0.717) is 0 Å². The second kappa shape index (κ2) is 5.41. The molecule has 15 heavy (non-hydrogen) atoms. The van der Waals surface area contributed by atoms with E-state index < -0.39 is 16.2 Å². The first kappa shape index (κ1) is 11.6. The lowest BCUT2D eigenvalue weighted by Gasteiger charge is -2.01. The van der Waals surface area contributed by atoms with E-state index in [1.54, 1.807) is 6.26 Å². The van der Waals surface area contributed by atoms with Gasteiger partial charge in [-0.1, -0.05) is 30.3 Å². The molecule has 1 aromatic rings. The highest BCUT2D eigenvalue weighted by molar-refractivity contribution is 8.22. The minimum Gasteiger partial charge on any atom is -0.420 e. The zero-order chi connectivity index (χ0) is 11.3. The molecule has 0 saturated carbocycles. The van der Waals surface area contributed by atoms with Crippen LogP contribution in [-0.4, -0.2) is 16.7 Å². The van der Waals surface area contributed by atoms with Crippen LogP contribution < -0.4 is 5.73 Å². The second-order valence-corrected chi connectivity index (χ2v) is 4.69. The van der Waals surface area contributed by atoms with Gasteiger partial charge in [-0.2, -0.15) is 4.79 Å². The van der Waals surface area contributed by atoms with Gasteiger partial charge in [-0.3, -0.25) is 0 Å². The van der Waals surface area contributed by atoms with E-state index in [1.807, 2.05) is 30.3 Å². The molecular weight excluding hydrogens is 212 g/mol. The van der Waals surface area contributed by atoms with Gasteiger partial charge >= 0.3 is 10.5 Å². The predicted octanol–water partition coefficient (Wildman–Crippen LogP) is 1.46. The van der Waals surface area contributed by atoms with Crippen molar-refractivity contribution < 1.29 is 9.53 Å². The maximum Gasteiger partial charge on any atom is 0.534 e. The molecule has 0 heterocycles. The molecule has 3 N–H and O–H groups in total. The summed E-state index contributed by atoms with van der Waals surface area (Å²) in [4.78, 5) is 11.3. The monoisotopic (exact) mass is 225 g/mol. The molecule has 1 unspecified atom stereocenters. The van der Waals surface area contributed by atoms with Gasteiger partial charge in [0.2, 0.25) is 0 Å². The first-order valence-electron chi connectivity index (χ1n) is 4.32. The van der Waals surface area contributed by atoms with E-state index >= 15 is 0 Å². The fraction of sp³-hybridized carbons (Fsp3) is 0.200. The molecule has 5 heteroatoms. The number of nitrogens with two attached hydrogens (primary N) is 1. The van der Waals surface area contributed by atoms with Crippen molar-refractivity contribution in [2.75, 3.05) is 6.26 Å². The van der Waals surface area contributed by atoms with Crippen LogP contribution in [-0.2, 0) is 22.2 Å². The molecule has 1 aromatic carbocycles. The van der Waals surface area contributed by atoms with Crippen LogP contribution in [0.5, 0.6) is 0 Å². The average molecular weight is 225 g/mol. The van der Waals surface area contributed by atoms with Crippen molar-refractivity contribution in [3.05, 3.63) is 35.9 Å². The van der Waals surface area contributed by atoms with Crippen LogP contribution in [0.4, 0.5) is 4.79 Å². The Morgan fingerprint density at radius 1 is 1.47 bits per heavy atom. The van der Waals surface area contributed by atoms with Crippen molar-refractivity contribution in [3.63, 3.8) is 0 Å². The Bertz CT molecular complexity index is 354. The quantitative estimate of drug-likeness (QED) is 0.346. The SMILES string of the molecule is C[S+](C(=N)N)C(=O)OCc1ccccc1. The van der Waals surface area contributed by atoms with Crippen LogP contribution in [0.1, 0.15) is 5.56 Å². The van der Waals surface area contributed by atoms with Crippen LogP contribution in [0.3, 0.4) is 0 Å². The van der Waals surface area contributed by atoms with Gasteiger partial charge in [-0.25, -0.2) is 5.41 Å². The summed E-state index contributed by atoms with van der Waals surface area (Å²) in [5.41, 5.74) is 6.12. The fourth-order valence-corrected chi connectivity index (χ4v) is 1.31. The number of amidine groups is 1. The highest BCUT2D eigenvalue weighted by Crippen LogP contribution is 2.04. The van der Waals surface area contributed by atoms with Crippen LogP contribution in [0, 0.1) is 5.41 Å². The molecule has 0 aliphatic rings. The Kier molecular flexibility index (Phi) is 4.17. The molecule has 0 aliphatic heterocycles. The smallest absolute Gasteiger partial charge is 0.420 e. The standard InChI is InChI=1S/C10H13N2O2S/c1-15(9(11)12)10(13)14-7-8-5-3-2-4-6-8/h2-6H,7H2,1H3,(H3,11,12)/q+1. The molecule has 0 aromatic heterocycles. The fourth-order valence-electron chi connectivity index (χ4n) is 0.895. The Hall–Kier alpha value is -1.49. The maximum atomic E-state index is 11.3. The largest absolute Gasteiger partial charge is 0.534 e. The van der Waals surface area contributed by atoms with E-state index in [9.17, 15) is 4.79 Å². The number of benzene rings is 1. The molecule has 0 spiro atoms. The molecule has 1 rings (SSSR count). The second-order valence-electron chi connectivity index (χ2n) is 2.90. The Balaban J connectivity index is 2.44. The third-order valence-corrected chi connectivity index (χ3v) is 3.06. The predicted molar refractivity (Wildman–Crippen MR) is 61.8 cm³/mol. The summed E-state index contributed by atoms with van der Waals surface area (Å²) in [6.45, 7) is 0.226. The zero-order valence-electron chi connectivity index (χ0n) is 8.40. The normalized spacial score (nSPS) is 11.8. The third-order valence-electron chi connectivity index (χ3n) is 1.78. The number of hydrogen-bond acceptors (Lipinski definition) is 3. The van der Waals surface area contributed by atoms with Crippen LogP contribution in [0.2, 0.25) is 0 Å². The molecule has 80 valence electrons.